The van der Waals surface area contributed by atoms with Gasteiger partial charge in [0.05, 0.1) is 19.3 Å². The second kappa shape index (κ2) is 4.96. The van der Waals surface area contributed by atoms with Crippen molar-refractivity contribution >= 4 is 0 Å². The van der Waals surface area contributed by atoms with Gasteiger partial charge in [0.1, 0.15) is 0 Å². The van der Waals surface area contributed by atoms with Gasteiger partial charge in [0, 0.05) is 12.0 Å². The smallest absolute Gasteiger partial charge is 0.288 e. The van der Waals surface area contributed by atoms with E-state index in [-0.39, 0.29) is 5.56 Å². The van der Waals surface area contributed by atoms with Gasteiger partial charge in [-0.15, -0.1) is 0 Å². The zero-order valence-corrected chi connectivity index (χ0v) is 10.6. The summed E-state index contributed by atoms with van der Waals surface area (Å²) in [5, 5.41) is 2.87. The van der Waals surface area contributed by atoms with Gasteiger partial charge >= 0.3 is 0 Å². The molecule has 0 bridgehead atoms. The van der Waals surface area contributed by atoms with E-state index >= 15 is 0 Å². The first-order chi connectivity index (χ1) is 9.18. The summed E-state index contributed by atoms with van der Waals surface area (Å²) in [4.78, 5) is 0. The molecule has 2 heterocycles. The average Bonchev–Trinajstić information content (AvgIpc) is 2.85. The number of hydrogen-bond acceptors (Lipinski definition) is 3. The summed E-state index contributed by atoms with van der Waals surface area (Å²) >= 11 is 0. The van der Waals surface area contributed by atoms with E-state index in [2.05, 4.69) is 5.32 Å². The fourth-order valence-electron chi connectivity index (χ4n) is 2.57. The molecule has 1 aromatic rings. The summed E-state index contributed by atoms with van der Waals surface area (Å²) < 4.78 is 39.7. The molecule has 0 spiro atoms. The Kier molecular flexibility index (Phi) is 3.31. The molecule has 3 nitrogen and oxygen atoms in total. The quantitative estimate of drug-likeness (QED) is 0.895. The highest BCUT2D eigenvalue weighted by Gasteiger charge is 2.43. The van der Waals surface area contributed by atoms with Crippen LogP contribution in [-0.2, 0) is 5.92 Å². The topological polar surface area (TPSA) is 30.5 Å². The van der Waals surface area contributed by atoms with Crippen LogP contribution >= 0.6 is 0 Å². The Morgan fingerprint density at radius 2 is 1.89 bits per heavy atom. The lowest BCUT2D eigenvalue weighted by atomic mass is 9.99. The molecule has 1 saturated heterocycles. The van der Waals surface area contributed by atoms with Gasteiger partial charge in [-0.3, -0.25) is 0 Å². The minimum atomic E-state index is -2.87. The van der Waals surface area contributed by atoms with Gasteiger partial charge in [0.25, 0.3) is 5.92 Å². The zero-order chi connectivity index (χ0) is 13.3. The maximum absolute atomic E-state index is 14.4. The summed E-state index contributed by atoms with van der Waals surface area (Å²) in [7, 11) is 0. The predicted molar refractivity (Wildman–Crippen MR) is 67.0 cm³/mol. The molecule has 0 aromatic heterocycles. The molecule has 0 amide bonds. The number of nitrogens with one attached hydrogen (secondary N) is 1. The lowest BCUT2D eigenvalue weighted by Gasteiger charge is -2.24. The third-order valence-electron chi connectivity index (χ3n) is 3.63. The fourth-order valence-corrected chi connectivity index (χ4v) is 2.57. The van der Waals surface area contributed by atoms with E-state index < -0.39 is 12.0 Å². The first kappa shape index (κ1) is 12.7. The molecule has 0 radical (unpaired) electrons. The summed E-state index contributed by atoms with van der Waals surface area (Å²) in [5.74, 6) is -1.90. The Morgan fingerprint density at radius 1 is 1.11 bits per heavy atom. The van der Waals surface area contributed by atoms with Crippen LogP contribution in [0.4, 0.5) is 8.78 Å². The van der Waals surface area contributed by atoms with E-state index in [1.165, 1.54) is 12.1 Å². The third kappa shape index (κ3) is 2.39. The molecular weight excluding hydrogens is 252 g/mol. The van der Waals surface area contributed by atoms with Gasteiger partial charge in [0.15, 0.2) is 11.5 Å². The Morgan fingerprint density at radius 3 is 2.63 bits per heavy atom. The molecule has 5 heteroatoms. The second-order valence-corrected chi connectivity index (χ2v) is 4.98. The molecule has 1 aromatic carbocycles. The second-order valence-electron chi connectivity index (χ2n) is 4.98. The highest BCUT2D eigenvalue weighted by atomic mass is 19.3. The van der Waals surface area contributed by atoms with Gasteiger partial charge in [-0.2, -0.15) is 8.78 Å². The zero-order valence-electron chi connectivity index (χ0n) is 10.6. The summed E-state index contributed by atoms with van der Waals surface area (Å²) in [6, 6.07) is 3.66. The number of alkyl halides is 2. The number of ether oxygens (including phenoxy) is 2. The lowest BCUT2D eigenvalue weighted by molar-refractivity contribution is -0.0378. The van der Waals surface area contributed by atoms with E-state index in [1.807, 2.05) is 0 Å². The van der Waals surface area contributed by atoms with Crippen LogP contribution < -0.4 is 14.8 Å². The number of fused-ring (bicyclic) bond motifs is 1. The number of hydrogen-bond donors (Lipinski definition) is 1. The highest BCUT2D eigenvalue weighted by Crippen LogP contribution is 2.40. The van der Waals surface area contributed by atoms with E-state index in [9.17, 15) is 8.78 Å². The Balaban J connectivity index is 1.90. The van der Waals surface area contributed by atoms with E-state index in [0.717, 1.165) is 12.8 Å². The fraction of sp³-hybridized carbons (Fsp3) is 0.571. The van der Waals surface area contributed by atoms with Gasteiger partial charge in [0.2, 0.25) is 0 Å². The largest absolute Gasteiger partial charge is 0.490 e. The Bertz CT molecular complexity index is 459. The molecule has 1 atom stereocenters. The molecule has 2 aliphatic heterocycles. The third-order valence-corrected chi connectivity index (χ3v) is 3.63. The lowest BCUT2D eigenvalue weighted by Crippen LogP contribution is -2.38. The maximum Gasteiger partial charge on any atom is 0.288 e. The van der Waals surface area contributed by atoms with E-state index in [1.54, 1.807) is 6.07 Å². The molecule has 104 valence electrons. The van der Waals surface area contributed by atoms with Crippen molar-refractivity contribution in [3.8, 4) is 11.5 Å². The molecule has 19 heavy (non-hydrogen) atoms. The van der Waals surface area contributed by atoms with Crippen LogP contribution in [0.2, 0.25) is 0 Å². The van der Waals surface area contributed by atoms with Gasteiger partial charge in [-0.25, -0.2) is 0 Å². The summed E-state index contributed by atoms with van der Waals surface area (Å²) in [5.41, 5.74) is -0.00356. The van der Waals surface area contributed by atoms with Crippen molar-refractivity contribution in [1.29, 1.82) is 0 Å². The molecular formula is C14H17F2NO2. The van der Waals surface area contributed by atoms with Crippen LogP contribution in [0, 0.1) is 0 Å². The van der Waals surface area contributed by atoms with Crippen molar-refractivity contribution in [2.45, 2.75) is 31.2 Å². The molecule has 2 aliphatic rings. The summed E-state index contributed by atoms with van der Waals surface area (Å²) in [6.45, 7) is 1.72. The van der Waals surface area contributed by atoms with Crippen LogP contribution in [0.15, 0.2) is 18.2 Å². The van der Waals surface area contributed by atoms with Gasteiger partial charge in [-0.1, -0.05) is 0 Å². The normalized spacial score (nSPS) is 23.2. The van der Waals surface area contributed by atoms with Gasteiger partial charge in [-0.05, 0) is 37.6 Å². The van der Waals surface area contributed by atoms with Crippen LogP contribution in [0.5, 0.6) is 11.5 Å². The van der Waals surface area contributed by atoms with Crippen LogP contribution in [0.25, 0.3) is 0 Å². The maximum atomic E-state index is 14.4. The molecule has 1 unspecified atom stereocenters. The summed E-state index contributed by atoms with van der Waals surface area (Å²) in [6.07, 6.45) is 2.07. The molecule has 0 saturated carbocycles. The van der Waals surface area contributed by atoms with Crippen molar-refractivity contribution in [2.75, 3.05) is 19.8 Å². The SMILES string of the molecule is FC(F)(c1ccc2c(c1)OCCCO2)C1CCCN1. The monoisotopic (exact) mass is 269 g/mol. The van der Waals surface area contributed by atoms with E-state index in [4.69, 9.17) is 9.47 Å². The van der Waals surface area contributed by atoms with Crippen LogP contribution in [0.3, 0.4) is 0 Å². The molecule has 1 N–H and O–H groups in total. The first-order valence-corrected chi connectivity index (χ1v) is 6.69. The Hall–Kier alpha value is -1.36. The van der Waals surface area contributed by atoms with E-state index in [0.29, 0.717) is 37.7 Å². The Labute approximate surface area is 110 Å². The number of halogens is 2. The van der Waals surface area contributed by atoms with Crippen molar-refractivity contribution in [3.05, 3.63) is 23.8 Å². The standard InChI is InChI=1S/C14H17F2NO2/c15-14(16,13-3-1-6-17-13)10-4-5-11-12(9-10)19-8-2-7-18-11/h4-5,9,13,17H,1-3,6-8H2. The number of rotatable bonds is 2. The van der Waals surface area contributed by atoms with Crippen molar-refractivity contribution < 1.29 is 18.3 Å². The molecule has 1 fully saturated rings. The minimum Gasteiger partial charge on any atom is -0.490 e. The molecule has 3 rings (SSSR count). The van der Waals surface area contributed by atoms with Crippen LogP contribution in [-0.4, -0.2) is 25.8 Å². The average molecular weight is 269 g/mol. The van der Waals surface area contributed by atoms with Crippen molar-refractivity contribution in [1.82, 2.24) is 5.32 Å². The van der Waals surface area contributed by atoms with Crippen molar-refractivity contribution in [2.24, 2.45) is 0 Å². The molecule has 0 aliphatic carbocycles. The highest BCUT2D eigenvalue weighted by molar-refractivity contribution is 5.45. The first-order valence-electron chi connectivity index (χ1n) is 6.69. The number of benzene rings is 1. The van der Waals surface area contributed by atoms with Crippen LogP contribution in [0.1, 0.15) is 24.8 Å². The predicted octanol–water partition coefficient (Wildman–Crippen LogP) is 2.69. The van der Waals surface area contributed by atoms with Gasteiger partial charge < -0.3 is 14.8 Å². The minimum absolute atomic E-state index is 0.00356. The van der Waals surface area contributed by atoms with Crippen molar-refractivity contribution in [3.63, 3.8) is 0 Å².